The monoisotopic (exact) mass is 290 g/mol. The first-order valence-electron chi connectivity index (χ1n) is 6.01. The maximum absolute atomic E-state index is 11.5. The van der Waals surface area contributed by atoms with Crippen molar-refractivity contribution in [2.24, 2.45) is 5.14 Å². The summed E-state index contributed by atoms with van der Waals surface area (Å²) in [4.78, 5) is 4.21. The van der Waals surface area contributed by atoms with E-state index in [0.29, 0.717) is 29.7 Å². The van der Waals surface area contributed by atoms with Gasteiger partial charge >= 0.3 is 0 Å². The van der Waals surface area contributed by atoms with Crippen LogP contribution in [-0.2, 0) is 10.0 Å². The number of rotatable bonds is 5. The van der Waals surface area contributed by atoms with Crippen molar-refractivity contribution in [2.75, 3.05) is 6.61 Å². The number of fused-ring (bicyclic) bond motifs is 1. The molecule has 0 fully saturated rings. The predicted molar refractivity (Wildman–Crippen MR) is 76.7 cm³/mol. The van der Waals surface area contributed by atoms with Gasteiger partial charge in [-0.1, -0.05) is 0 Å². The summed E-state index contributed by atoms with van der Waals surface area (Å²) in [6, 6.07) is 6.29. The van der Waals surface area contributed by atoms with Gasteiger partial charge in [0.15, 0.2) is 0 Å². The summed E-state index contributed by atoms with van der Waals surface area (Å²) in [6.45, 7) is 0.449. The van der Waals surface area contributed by atoms with Crippen molar-refractivity contribution in [3.05, 3.63) is 30.5 Å². The molecular formula is C14H14N2O3S. The van der Waals surface area contributed by atoms with E-state index in [1.165, 1.54) is 6.07 Å². The fourth-order valence-corrected chi connectivity index (χ4v) is 2.57. The van der Waals surface area contributed by atoms with Crippen LogP contribution >= 0.6 is 0 Å². The van der Waals surface area contributed by atoms with Crippen LogP contribution in [0.15, 0.2) is 35.4 Å². The van der Waals surface area contributed by atoms with Gasteiger partial charge in [0.2, 0.25) is 10.0 Å². The molecule has 0 saturated carbocycles. The number of hydrogen-bond acceptors (Lipinski definition) is 4. The average Bonchev–Trinajstić information content (AvgIpc) is 2.42. The van der Waals surface area contributed by atoms with Crippen LogP contribution in [0.4, 0.5) is 0 Å². The van der Waals surface area contributed by atoms with Gasteiger partial charge < -0.3 is 4.74 Å². The van der Waals surface area contributed by atoms with Gasteiger partial charge in [-0.2, -0.15) is 0 Å². The minimum absolute atomic E-state index is 0.0385. The molecule has 0 aliphatic carbocycles. The second-order valence-corrected chi connectivity index (χ2v) is 5.69. The number of hydrogen-bond donors (Lipinski definition) is 1. The van der Waals surface area contributed by atoms with E-state index in [4.69, 9.17) is 16.3 Å². The molecule has 0 aliphatic heterocycles. The van der Waals surface area contributed by atoms with Crippen LogP contribution < -0.4 is 9.88 Å². The highest BCUT2D eigenvalue weighted by Crippen LogP contribution is 2.28. The van der Waals surface area contributed by atoms with E-state index >= 15 is 0 Å². The van der Waals surface area contributed by atoms with Crippen molar-refractivity contribution >= 4 is 20.9 Å². The Morgan fingerprint density at radius 1 is 1.35 bits per heavy atom. The second-order valence-electron chi connectivity index (χ2n) is 4.16. The Kier molecular flexibility index (Phi) is 4.23. The van der Waals surface area contributed by atoms with Crippen molar-refractivity contribution in [1.82, 2.24) is 4.98 Å². The molecule has 0 spiro atoms. The van der Waals surface area contributed by atoms with Crippen LogP contribution in [0.5, 0.6) is 5.75 Å². The Bertz CT molecular complexity index is 764. The number of sulfonamides is 1. The lowest BCUT2D eigenvalue weighted by Crippen LogP contribution is -2.13. The summed E-state index contributed by atoms with van der Waals surface area (Å²) in [7, 11) is -3.80. The van der Waals surface area contributed by atoms with Crippen molar-refractivity contribution < 1.29 is 13.2 Å². The van der Waals surface area contributed by atoms with E-state index < -0.39 is 10.0 Å². The fraction of sp³-hybridized carbons (Fsp3) is 0.214. The van der Waals surface area contributed by atoms with Gasteiger partial charge in [-0.15, -0.1) is 12.3 Å². The first kappa shape index (κ1) is 14.3. The molecule has 6 heteroatoms. The maximum atomic E-state index is 11.5. The summed E-state index contributed by atoms with van der Waals surface area (Å²) >= 11 is 0. The van der Waals surface area contributed by atoms with Gasteiger partial charge in [-0.3, -0.25) is 4.98 Å². The van der Waals surface area contributed by atoms with E-state index in [9.17, 15) is 8.42 Å². The number of primary sulfonamides is 1. The molecular weight excluding hydrogens is 276 g/mol. The number of pyridine rings is 1. The summed E-state index contributed by atoms with van der Waals surface area (Å²) in [5.74, 6) is 3.05. The molecule has 0 amide bonds. The number of nitrogens with zero attached hydrogens (tertiary/aromatic N) is 1. The number of nitrogens with two attached hydrogens (primary N) is 1. The highest BCUT2D eigenvalue weighted by atomic mass is 32.2. The lowest BCUT2D eigenvalue weighted by Gasteiger charge is -2.10. The van der Waals surface area contributed by atoms with Crippen molar-refractivity contribution in [2.45, 2.75) is 17.7 Å². The third kappa shape index (κ3) is 3.07. The van der Waals surface area contributed by atoms with Gasteiger partial charge in [0, 0.05) is 18.0 Å². The Balaban J connectivity index is 2.42. The number of unbranched alkanes of at least 4 members (excludes halogenated alkanes) is 1. The predicted octanol–water partition coefficient (Wildman–Crippen LogP) is 1.67. The molecule has 0 bridgehead atoms. The first-order valence-corrected chi connectivity index (χ1v) is 7.55. The Morgan fingerprint density at radius 3 is 2.85 bits per heavy atom. The third-order valence-electron chi connectivity index (χ3n) is 2.72. The smallest absolute Gasteiger partial charge is 0.238 e. The standard InChI is InChI=1S/C14H14N2O3S/c1-2-3-4-10-19-12-7-8-13(20(15,17)18)11-6-5-9-16-14(11)12/h1,5-9H,3-4,10H2,(H2,15,17,18). The third-order valence-corrected chi connectivity index (χ3v) is 3.69. The van der Waals surface area contributed by atoms with Gasteiger partial charge in [-0.05, 0) is 30.7 Å². The van der Waals surface area contributed by atoms with Crippen LogP contribution in [0.25, 0.3) is 10.9 Å². The largest absolute Gasteiger partial charge is 0.491 e. The lowest BCUT2D eigenvalue weighted by molar-refractivity contribution is 0.316. The number of terminal acetylenes is 1. The zero-order valence-corrected chi connectivity index (χ0v) is 11.6. The van der Waals surface area contributed by atoms with Crippen molar-refractivity contribution in [3.63, 3.8) is 0 Å². The van der Waals surface area contributed by atoms with Gasteiger partial charge in [0.25, 0.3) is 0 Å². The van der Waals surface area contributed by atoms with E-state index in [1.54, 1.807) is 24.4 Å². The van der Waals surface area contributed by atoms with Crippen LogP contribution in [0, 0.1) is 12.3 Å². The molecule has 2 rings (SSSR count). The van der Waals surface area contributed by atoms with E-state index in [2.05, 4.69) is 10.9 Å². The van der Waals surface area contributed by atoms with Gasteiger partial charge in [0.1, 0.15) is 11.3 Å². The van der Waals surface area contributed by atoms with Crippen LogP contribution in [0.2, 0.25) is 0 Å². The molecule has 1 aromatic carbocycles. The summed E-state index contributed by atoms with van der Waals surface area (Å²) in [6.07, 6.45) is 8.09. The molecule has 1 heterocycles. The summed E-state index contributed by atoms with van der Waals surface area (Å²) < 4.78 is 28.7. The normalized spacial score (nSPS) is 11.2. The molecule has 0 aliphatic rings. The second kappa shape index (κ2) is 5.90. The SMILES string of the molecule is C#CCCCOc1ccc(S(N)(=O)=O)c2cccnc12. The zero-order valence-electron chi connectivity index (χ0n) is 10.7. The van der Waals surface area contributed by atoms with Crippen LogP contribution in [-0.4, -0.2) is 20.0 Å². The van der Waals surface area contributed by atoms with Crippen molar-refractivity contribution in [1.29, 1.82) is 0 Å². The Morgan fingerprint density at radius 2 is 2.15 bits per heavy atom. The lowest BCUT2D eigenvalue weighted by atomic mass is 10.2. The molecule has 0 atom stereocenters. The minimum atomic E-state index is -3.80. The first-order chi connectivity index (χ1) is 9.54. The van der Waals surface area contributed by atoms with E-state index in [0.717, 1.165) is 6.42 Å². The van der Waals surface area contributed by atoms with Crippen LogP contribution in [0.3, 0.4) is 0 Å². The molecule has 5 nitrogen and oxygen atoms in total. The molecule has 1 aromatic heterocycles. The molecule has 20 heavy (non-hydrogen) atoms. The molecule has 104 valence electrons. The maximum Gasteiger partial charge on any atom is 0.238 e. The van der Waals surface area contributed by atoms with Gasteiger partial charge in [-0.25, -0.2) is 13.6 Å². The van der Waals surface area contributed by atoms with Gasteiger partial charge in [0.05, 0.1) is 11.5 Å². The summed E-state index contributed by atoms with van der Waals surface area (Å²) in [5, 5.41) is 5.64. The average molecular weight is 290 g/mol. The fourth-order valence-electron chi connectivity index (χ4n) is 1.84. The van der Waals surface area contributed by atoms with E-state index in [-0.39, 0.29) is 4.90 Å². The molecule has 2 aromatic rings. The Labute approximate surface area is 117 Å². The number of aromatic nitrogens is 1. The topological polar surface area (TPSA) is 82.3 Å². The number of benzene rings is 1. The quantitative estimate of drug-likeness (QED) is 0.671. The molecule has 0 saturated heterocycles. The molecule has 0 unspecified atom stereocenters. The molecule has 0 radical (unpaired) electrons. The highest BCUT2D eigenvalue weighted by Gasteiger charge is 2.15. The number of ether oxygens (including phenoxy) is 1. The molecule has 2 N–H and O–H groups in total. The van der Waals surface area contributed by atoms with Crippen molar-refractivity contribution in [3.8, 4) is 18.1 Å². The zero-order chi connectivity index (χ0) is 14.6. The minimum Gasteiger partial charge on any atom is -0.491 e. The summed E-state index contributed by atoms with van der Waals surface area (Å²) in [5.41, 5.74) is 0.472. The van der Waals surface area contributed by atoms with E-state index in [1.807, 2.05) is 0 Å². The Hall–Kier alpha value is -2.10. The van der Waals surface area contributed by atoms with Crippen LogP contribution in [0.1, 0.15) is 12.8 Å². The highest BCUT2D eigenvalue weighted by molar-refractivity contribution is 7.89.